The van der Waals surface area contributed by atoms with Crippen LogP contribution in [0.25, 0.3) is 6.08 Å². The topological polar surface area (TPSA) is 57.7 Å². The lowest BCUT2D eigenvalue weighted by Crippen LogP contribution is -2.47. The van der Waals surface area contributed by atoms with E-state index < -0.39 is 47.0 Å². The van der Waals surface area contributed by atoms with E-state index in [0.717, 1.165) is 16.0 Å². The lowest BCUT2D eigenvalue weighted by molar-refractivity contribution is -0.135. The largest absolute Gasteiger partial charge is 0.359 e. The molecule has 158 valence electrons. The Hall–Kier alpha value is -3.28. The molecule has 2 aromatic rings. The lowest BCUT2D eigenvalue weighted by atomic mass is 9.79. The van der Waals surface area contributed by atoms with Gasteiger partial charge in [0.25, 0.3) is 0 Å². The predicted octanol–water partition coefficient (Wildman–Crippen LogP) is 3.96. The number of ketones is 1. The van der Waals surface area contributed by atoms with Gasteiger partial charge in [0.2, 0.25) is 11.8 Å². The van der Waals surface area contributed by atoms with Gasteiger partial charge < -0.3 is 4.90 Å². The number of imide groups is 1. The summed E-state index contributed by atoms with van der Waals surface area (Å²) in [4.78, 5) is 43.5. The van der Waals surface area contributed by atoms with Gasteiger partial charge in [0.05, 0.1) is 23.6 Å². The number of hydrogen-bond acceptors (Lipinski definition) is 4. The van der Waals surface area contributed by atoms with Crippen molar-refractivity contribution in [3.8, 4) is 0 Å². The third-order valence-corrected chi connectivity index (χ3v) is 6.56. The first-order valence-electron chi connectivity index (χ1n) is 10.4. The highest BCUT2D eigenvalue weighted by Gasteiger charge is 2.65. The third-order valence-electron chi connectivity index (χ3n) is 6.56. The zero-order valence-corrected chi connectivity index (χ0v) is 17.6. The maximum atomic E-state index is 14.5. The minimum absolute atomic E-state index is 0.0555. The Morgan fingerprint density at radius 1 is 0.935 bits per heavy atom. The zero-order chi connectivity index (χ0) is 22.1. The second-order valence-electron chi connectivity index (χ2n) is 9.41. The van der Waals surface area contributed by atoms with Crippen LogP contribution in [-0.4, -0.2) is 28.5 Å². The Morgan fingerprint density at radius 2 is 1.58 bits per heavy atom. The average Bonchev–Trinajstić information content (AvgIpc) is 3.20. The number of anilines is 1. The maximum absolute atomic E-state index is 14.5. The fraction of sp³-hybridized carbons (Fsp3) is 0.320. The average molecular weight is 418 g/mol. The Bertz CT molecular complexity index is 1150. The van der Waals surface area contributed by atoms with E-state index in [-0.39, 0.29) is 11.5 Å². The molecule has 2 amide bonds. The van der Waals surface area contributed by atoms with Gasteiger partial charge in [-0.15, -0.1) is 0 Å². The molecule has 3 aliphatic heterocycles. The van der Waals surface area contributed by atoms with Gasteiger partial charge in [-0.1, -0.05) is 57.2 Å². The highest BCUT2D eigenvalue weighted by molar-refractivity contribution is 6.24. The van der Waals surface area contributed by atoms with Crippen LogP contribution in [0.3, 0.4) is 0 Å². The van der Waals surface area contributed by atoms with Gasteiger partial charge in [-0.3, -0.25) is 14.4 Å². The van der Waals surface area contributed by atoms with E-state index in [1.165, 1.54) is 18.2 Å². The number of nitrogens with zero attached hydrogens (tertiary/aromatic N) is 2. The number of halogens is 1. The molecule has 0 N–H and O–H groups in total. The van der Waals surface area contributed by atoms with Gasteiger partial charge >= 0.3 is 0 Å². The van der Waals surface area contributed by atoms with Crippen LogP contribution in [0.5, 0.6) is 0 Å². The van der Waals surface area contributed by atoms with E-state index in [1.807, 2.05) is 62.2 Å². The number of hydrogen-bond donors (Lipinski definition) is 0. The van der Waals surface area contributed by atoms with Crippen molar-refractivity contribution in [1.82, 2.24) is 4.90 Å². The van der Waals surface area contributed by atoms with Crippen molar-refractivity contribution in [1.29, 1.82) is 0 Å². The van der Waals surface area contributed by atoms with Crippen LogP contribution in [0.4, 0.5) is 10.1 Å². The molecule has 0 aromatic heterocycles. The Balaban J connectivity index is 1.69. The van der Waals surface area contributed by atoms with Gasteiger partial charge in [-0.2, -0.15) is 0 Å². The predicted molar refractivity (Wildman–Crippen MR) is 114 cm³/mol. The Labute approximate surface area is 180 Å². The summed E-state index contributed by atoms with van der Waals surface area (Å²) in [7, 11) is 0. The molecular weight excluding hydrogens is 395 g/mol. The van der Waals surface area contributed by atoms with Crippen LogP contribution in [0.2, 0.25) is 0 Å². The third kappa shape index (κ3) is 2.70. The van der Waals surface area contributed by atoms with Crippen LogP contribution in [0.15, 0.2) is 54.7 Å². The molecule has 0 saturated carbocycles. The van der Waals surface area contributed by atoms with E-state index in [2.05, 4.69) is 0 Å². The molecule has 0 radical (unpaired) electrons. The summed E-state index contributed by atoms with van der Waals surface area (Å²) in [5.41, 5.74) is 1.10. The van der Waals surface area contributed by atoms with Crippen molar-refractivity contribution in [3.63, 3.8) is 0 Å². The standard InChI is InChI=1S/C25H23FN2O3/c1-25(2,3)22(29)21-19-18(20-15-9-5-4-8-14(15)12-13-27(20)21)23(30)28(24(19)31)17-11-7-6-10-16(17)26/h4-13,18-21H,1-3H3/t18-,19+,20+,21+/m0/s1. The van der Waals surface area contributed by atoms with Gasteiger partial charge in [-0.25, -0.2) is 9.29 Å². The van der Waals surface area contributed by atoms with Gasteiger partial charge in [0.15, 0.2) is 5.78 Å². The van der Waals surface area contributed by atoms with Crippen LogP contribution < -0.4 is 4.90 Å². The molecule has 4 atom stereocenters. The van der Waals surface area contributed by atoms with Gasteiger partial charge in [0, 0.05) is 11.6 Å². The smallest absolute Gasteiger partial charge is 0.240 e. The van der Waals surface area contributed by atoms with Crippen molar-refractivity contribution < 1.29 is 18.8 Å². The number of carbonyl (C=O) groups is 3. The molecule has 2 saturated heterocycles. The molecule has 0 bridgehead atoms. The monoisotopic (exact) mass is 418 g/mol. The van der Waals surface area contributed by atoms with Crippen LogP contribution in [-0.2, 0) is 14.4 Å². The summed E-state index contributed by atoms with van der Waals surface area (Å²) in [5, 5.41) is 0. The van der Waals surface area contributed by atoms with E-state index in [1.54, 1.807) is 6.07 Å². The van der Waals surface area contributed by atoms with E-state index in [9.17, 15) is 18.8 Å². The highest BCUT2D eigenvalue weighted by Crippen LogP contribution is 2.54. The normalized spacial score (nSPS) is 26.7. The Kier molecular flexibility index (Phi) is 4.19. The molecule has 5 nitrogen and oxygen atoms in total. The second kappa shape index (κ2) is 6.61. The van der Waals surface area contributed by atoms with Gasteiger partial charge in [-0.05, 0) is 29.3 Å². The fourth-order valence-corrected chi connectivity index (χ4v) is 5.17. The van der Waals surface area contributed by atoms with Crippen LogP contribution in [0.1, 0.15) is 37.9 Å². The molecule has 0 aliphatic carbocycles. The molecule has 5 rings (SSSR count). The van der Waals surface area contributed by atoms with E-state index in [0.29, 0.717) is 0 Å². The number of fused-ring (bicyclic) bond motifs is 5. The molecule has 0 unspecified atom stereocenters. The van der Waals surface area contributed by atoms with Crippen LogP contribution >= 0.6 is 0 Å². The molecule has 2 aromatic carbocycles. The number of rotatable bonds is 2. The molecule has 31 heavy (non-hydrogen) atoms. The zero-order valence-electron chi connectivity index (χ0n) is 17.6. The molecular formula is C25H23FN2O3. The maximum Gasteiger partial charge on any atom is 0.240 e. The lowest BCUT2D eigenvalue weighted by Gasteiger charge is -2.37. The number of amides is 2. The van der Waals surface area contributed by atoms with E-state index in [4.69, 9.17) is 0 Å². The summed E-state index contributed by atoms with van der Waals surface area (Å²) in [6.07, 6.45) is 3.74. The molecule has 0 spiro atoms. The number of carbonyl (C=O) groups excluding carboxylic acids is 3. The van der Waals surface area contributed by atoms with Gasteiger partial charge in [0.1, 0.15) is 11.9 Å². The summed E-state index contributed by atoms with van der Waals surface area (Å²) in [6, 6.07) is 12.2. The number of para-hydroxylation sites is 1. The molecule has 3 aliphatic rings. The van der Waals surface area contributed by atoms with Crippen molar-refractivity contribution in [3.05, 3.63) is 71.7 Å². The summed E-state index contributed by atoms with van der Waals surface area (Å²) < 4.78 is 14.5. The summed E-state index contributed by atoms with van der Waals surface area (Å²) >= 11 is 0. The van der Waals surface area contributed by atoms with Crippen molar-refractivity contribution in [2.45, 2.75) is 32.9 Å². The highest BCUT2D eigenvalue weighted by atomic mass is 19.1. The Morgan fingerprint density at radius 3 is 2.29 bits per heavy atom. The number of benzene rings is 2. The second-order valence-corrected chi connectivity index (χ2v) is 9.41. The SMILES string of the molecule is CC(C)(C)C(=O)[C@H]1[C@@H]2C(=O)N(c3ccccc3F)C(=O)[C@@H]2[C@H]2c3ccccc3C=CN21. The minimum atomic E-state index is -0.861. The van der Waals surface area contributed by atoms with Crippen molar-refractivity contribution in [2.24, 2.45) is 17.3 Å². The molecule has 2 fully saturated rings. The molecule has 3 heterocycles. The minimum Gasteiger partial charge on any atom is -0.359 e. The van der Waals surface area contributed by atoms with Crippen molar-refractivity contribution in [2.75, 3.05) is 4.90 Å². The van der Waals surface area contributed by atoms with E-state index >= 15 is 0 Å². The summed E-state index contributed by atoms with van der Waals surface area (Å²) in [5.74, 6) is -3.32. The fourth-order valence-electron chi connectivity index (χ4n) is 5.17. The first kappa shape index (κ1) is 19.7. The van der Waals surface area contributed by atoms with Crippen molar-refractivity contribution >= 4 is 29.4 Å². The molecule has 6 heteroatoms. The first-order chi connectivity index (χ1) is 14.7. The quantitative estimate of drug-likeness (QED) is 0.693. The summed E-state index contributed by atoms with van der Waals surface area (Å²) in [6.45, 7) is 5.44. The number of Topliss-reactive ketones (excluding diaryl/α,β-unsaturated/α-hetero) is 1. The first-order valence-corrected chi connectivity index (χ1v) is 10.4. The van der Waals surface area contributed by atoms with Crippen LogP contribution in [0, 0.1) is 23.1 Å².